The zero-order valence-electron chi connectivity index (χ0n) is 11.7. The van der Waals surface area contributed by atoms with E-state index < -0.39 is 6.09 Å². The average molecular weight is 339 g/mol. The summed E-state index contributed by atoms with van der Waals surface area (Å²) in [5.41, 5.74) is 0. The van der Waals surface area contributed by atoms with Crippen LogP contribution in [0.4, 0.5) is 4.79 Å². The van der Waals surface area contributed by atoms with E-state index in [-0.39, 0.29) is 11.8 Å². The lowest BCUT2D eigenvalue weighted by atomic mass is 10.1. The molecule has 5 nitrogen and oxygen atoms in total. The van der Waals surface area contributed by atoms with Crippen LogP contribution in [0.3, 0.4) is 0 Å². The average Bonchev–Trinajstić information content (AvgIpc) is 3.10. The lowest BCUT2D eigenvalue weighted by Gasteiger charge is -2.12. The number of carbonyl (C=O) groups excluding carboxylic acids is 1. The molecule has 1 aromatic carbocycles. The van der Waals surface area contributed by atoms with Gasteiger partial charge in [0.25, 0.3) is 5.91 Å². The van der Waals surface area contributed by atoms with Crippen molar-refractivity contribution in [1.82, 2.24) is 10.2 Å². The van der Waals surface area contributed by atoms with Gasteiger partial charge in [-0.3, -0.25) is 4.79 Å². The number of likely N-dealkylation sites (tertiary alicyclic amines) is 1. The highest BCUT2D eigenvalue weighted by molar-refractivity contribution is 7.20. The van der Waals surface area contributed by atoms with Crippen LogP contribution in [0.1, 0.15) is 16.1 Å². The minimum Gasteiger partial charge on any atom is -0.465 e. The van der Waals surface area contributed by atoms with Gasteiger partial charge in [-0.05, 0) is 42.0 Å². The first kappa shape index (κ1) is 15.1. The van der Waals surface area contributed by atoms with E-state index in [1.807, 2.05) is 18.2 Å². The van der Waals surface area contributed by atoms with Crippen molar-refractivity contribution >= 4 is 45.0 Å². The number of thiophene rings is 1. The number of nitrogens with zero attached hydrogens (tertiary/aromatic N) is 1. The molecule has 0 saturated carbocycles. The van der Waals surface area contributed by atoms with Crippen molar-refractivity contribution in [2.45, 2.75) is 6.42 Å². The molecule has 3 rings (SSSR count). The van der Waals surface area contributed by atoms with E-state index in [0.717, 1.165) is 16.5 Å². The van der Waals surface area contributed by atoms with Gasteiger partial charge in [0.2, 0.25) is 0 Å². The molecule has 1 aliphatic heterocycles. The molecule has 0 unspecified atom stereocenters. The smallest absolute Gasteiger partial charge is 0.407 e. The fourth-order valence-electron chi connectivity index (χ4n) is 2.62. The lowest BCUT2D eigenvalue weighted by molar-refractivity contribution is 0.0952. The molecule has 2 amide bonds. The second-order valence-corrected chi connectivity index (χ2v) is 6.91. The van der Waals surface area contributed by atoms with E-state index >= 15 is 0 Å². The molecular weight excluding hydrogens is 324 g/mol. The van der Waals surface area contributed by atoms with Crippen LogP contribution < -0.4 is 5.32 Å². The standard InChI is InChI=1S/C15H15ClN2O3S/c16-11-1-2-12-10(5-11)6-13(22-12)14(19)17-7-9-3-4-18(8-9)15(20)21/h1-2,5-6,9H,3-4,7-8H2,(H,17,19)(H,20,21)/t9-/m1/s1. The molecule has 0 spiro atoms. The molecule has 2 heterocycles. The number of carbonyl (C=O) groups is 2. The van der Waals surface area contributed by atoms with E-state index in [9.17, 15) is 9.59 Å². The van der Waals surface area contributed by atoms with Crippen LogP contribution in [-0.4, -0.2) is 41.6 Å². The minimum atomic E-state index is -0.893. The van der Waals surface area contributed by atoms with E-state index in [2.05, 4.69) is 5.32 Å². The first-order valence-corrected chi connectivity index (χ1v) is 8.17. The summed E-state index contributed by atoms with van der Waals surface area (Å²) in [6.07, 6.45) is -0.107. The number of fused-ring (bicyclic) bond motifs is 1. The number of carboxylic acid groups (broad SMARTS) is 1. The topological polar surface area (TPSA) is 69.6 Å². The monoisotopic (exact) mass is 338 g/mol. The summed E-state index contributed by atoms with van der Waals surface area (Å²) >= 11 is 7.37. The summed E-state index contributed by atoms with van der Waals surface area (Å²) in [5, 5.41) is 13.4. The third kappa shape index (κ3) is 3.18. The Morgan fingerprint density at radius 2 is 2.23 bits per heavy atom. The van der Waals surface area contributed by atoms with Gasteiger partial charge in [-0.1, -0.05) is 11.6 Å². The molecule has 1 fully saturated rings. The van der Waals surface area contributed by atoms with Gasteiger partial charge in [0.15, 0.2) is 0 Å². The van der Waals surface area contributed by atoms with Gasteiger partial charge >= 0.3 is 6.09 Å². The highest BCUT2D eigenvalue weighted by Crippen LogP contribution is 2.28. The molecule has 7 heteroatoms. The SMILES string of the molecule is O=C(NC[C@H]1CCN(C(=O)O)C1)c1cc2cc(Cl)ccc2s1. The van der Waals surface area contributed by atoms with Crippen molar-refractivity contribution in [1.29, 1.82) is 0 Å². The molecule has 0 aliphatic carbocycles. The summed E-state index contributed by atoms with van der Waals surface area (Å²) in [6.45, 7) is 1.52. The second kappa shape index (κ2) is 6.14. The summed E-state index contributed by atoms with van der Waals surface area (Å²) in [6, 6.07) is 7.38. The van der Waals surface area contributed by atoms with Crippen molar-refractivity contribution in [3.8, 4) is 0 Å². The Labute approximate surface area is 136 Å². The van der Waals surface area contributed by atoms with E-state index in [1.54, 1.807) is 6.07 Å². The number of amides is 2. The number of nitrogens with one attached hydrogen (secondary N) is 1. The summed E-state index contributed by atoms with van der Waals surface area (Å²) in [7, 11) is 0. The molecule has 0 radical (unpaired) electrons. The molecular formula is C15H15ClN2O3S. The van der Waals surface area contributed by atoms with E-state index in [1.165, 1.54) is 16.2 Å². The normalized spacial score (nSPS) is 17.9. The van der Waals surface area contributed by atoms with Crippen LogP contribution in [-0.2, 0) is 0 Å². The Morgan fingerprint density at radius 3 is 2.95 bits per heavy atom. The van der Waals surface area contributed by atoms with Crippen molar-refractivity contribution < 1.29 is 14.7 Å². The predicted molar refractivity (Wildman–Crippen MR) is 86.9 cm³/mol. The highest BCUT2D eigenvalue weighted by atomic mass is 35.5. The zero-order chi connectivity index (χ0) is 15.7. The van der Waals surface area contributed by atoms with Crippen LogP contribution in [0.25, 0.3) is 10.1 Å². The Bertz CT molecular complexity index is 731. The van der Waals surface area contributed by atoms with E-state index in [4.69, 9.17) is 16.7 Å². The van der Waals surface area contributed by atoms with Crippen LogP contribution in [0.15, 0.2) is 24.3 Å². The zero-order valence-corrected chi connectivity index (χ0v) is 13.3. The summed E-state index contributed by atoms with van der Waals surface area (Å²) < 4.78 is 1.02. The molecule has 2 N–H and O–H groups in total. The molecule has 1 saturated heterocycles. The first-order valence-electron chi connectivity index (χ1n) is 6.98. The van der Waals surface area contributed by atoms with Crippen molar-refractivity contribution in [3.63, 3.8) is 0 Å². The van der Waals surface area contributed by atoms with Crippen LogP contribution >= 0.6 is 22.9 Å². The number of rotatable bonds is 3. The molecule has 0 bridgehead atoms. The minimum absolute atomic E-state index is 0.119. The summed E-state index contributed by atoms with van der Waals surface area (Å²) in [4.78, 5) is 25.1. The van der Waals surface area contributed by atoms with Crippen molar-refractivity contribution in [3.05, 3.63) is 34.2 Å². The quantitative estimate of drug-likeness (QED) is 0.902. The maximum atomic E-state index is 12.2. The van der Waals surface area contributed by atoms with Gasteiger partial charge in [0, 0.05) is 29.4 Å². The van der Waals surface area contributed by atoms with Crippen LogP contribution in [0.5, 0.6) is 0 Å². The Kier molecular flexibility index (Phi) is 4.22. The Hall–Kier alpha value is -1.79. The van der Waals surface area contributed by atoms with Gasteiger partial charge in [0.1, 0.15) is 0 Å². The van der Waals surface area contributed by atoms with Gasteiger partial charge in [-0.25, -0.2) is 4.79 Å². The first-order chi connectivity index (χ1) is 10.5. The third-order valence-electron chi connectivity index (χ3n) is 3.81. The van der Waals surface area contributed by atoms with Crippen LogP contribution in [0.2, 0.25) is 5.02 Å². The number of hydrogen-bond acceptors (Lipinski definition) is 3. The molecule has 1 aromatic heterocycles. The highest BCUT2D eigenvalue weighted by Gasteiger charge is 2.26. The van der Waals surface area contributed by atoms with Crippen LogP contribution in [0, 0.1) is 5.92 Å². The Balaban J connectivity index is 1.60. The predicted octanol–water partition coefficient (Wildman–Crippen LogP) is 3.28. The van der Waals surface area contributed by atoms with Gasteiger partial charge in [0.05, 0.1) is 4.88 Å². The van der Waals surface area contributed by atoms with E-state index in [0.29, 0.717) is 29.5 Å². The molecule has 22 heavy (non-hydrogen) atoms. The van der Waals surface area contributed by atoms with Gasteiger partial charge in [-0.2, -0.15) is 0 Å². The largest absolute Gasteiger partial charge is 0.465 e. The number of halogens is 1. The third-order valence-corrected chi connectivity index (χ3v) is 5.16. The van der Waals surface area contributed by atoms with Gasteiger partial charge < -0.3 is 15.3 Å². The maximum Gasteiger partial charge on any atom is 0.407 e. The molecule has 1 atom stereocenters. The summed E-state index contributed by atoms with van der Waals surface area (Å²) in [5.74, 6) is 0.0648. The van der Waals surface area contributed by atoms with Gasteiger partial charge in [-0.15, -0.1) is 11.3 Å². The number of benzene rings is 1. The van der Waals surface area contributed by atoms with Crippen molar-refractivity contribution in [2.75, 3.05) is 19.6 Å². The Morgan fingerprint density at radius 1 is 1.41 bits per heavy atom. The molecule has 1 aliphatic rings. The molecule has 116 valence electrons. The fraction of sp³-hybridized carbons (Fsp3) is 0.333. The maximum absolute atomic E-state index is 12.2. The fourth-order valence-corrected chi connectivity index (χ4v) is 3.76. The number of hydrogen-bond donors (Lipinski definition) is 2. The molecule has 2 aromatic rings. The lowest BCUT2D eigenvalue weighted by Crippen LogP contribution is -2.32. The van der Waals surface area contributed by atoms with Crippen molar-refractivity contribution in [2.24, 2.45) is 5.92 Å². The second-order valence-electron chi connectivity index (χ2n) is 5.39.